The van der Waals surface area contributed by atoms with Gasteiger partial charge in [0.15, 0.2) is 0 Å². The van der Waals surface area contributed by atoms with E-state index in [-0.39, 0.29) is 11.8 Å². The molecular weight excluding hydrogens is 344 g/mol. The minimum absolute atomic E-state index is 0.0598. The number of carbonyl (C=O) groups is 2. The predicted molar refractivity (Wildman–Crippen MR) is 99.4 cm³/mol. The summed E-state index contributed by atoms with van der Waals surface area (Å²) >= 11 is 0. The van der Waals surface area contributed by atoms with E-state index in [1.807, 2.05) is 36.4 Å². The number of benzene rings is 2. The number of ether oxygens (including phenoxy) is 1. The molecule has 27 heavy (non-hydrogen) atoms. The Morgan fingerprint density at radius 2 is 2.07 bits per heavy atom. The Morgan fingerprint density at radius 1 is 1.22 bits per heavy atom. The van der Waals surface area contributed by atoms with Crippen LogP contribution in [0.2, 0.25) is 0 Å². The number of hydrogen-bond acceptors (Lipinski definition) is 3. The number of piperidine rings is 1. The van der Waals surface area contributed by atoms with E-state index in [1.165, 1.54) is 4.90 Å². The van der Waals surface area contributed by atoms with Gasteiger partial charge in [-0.2, -0.15) is 0 Å². The number of fused-ring (bicyclic) bond motifs is 4. The second kappa shape index (κ2) is 5.74. The molecule has 6 heteroatoms. The van der Waals surface area contributed by atoms with Crippen LogP contribution in [0.3, 0.4) is 0 Å². The Bertz CT molecular complexity index is 957. The number of rotatable bonds is 1. The van der Waals surface area contributed by atoms with Gasteiger partial charge in [-0.15, -0.1) is 0 Å². The van der Waals surface area contributed by atoms with Crippen LogP contribution in [0.4, 0.5) is 10.5 Å². The average molecular weight is 364 g/mol. The second-order valence-corrected chi connectivity index (χ2v) is 7.52. The smallest absolute Gasteiger partial charge is 0.407 e. The summed E-state index contributed by atoms with van der Waals surface area (Å²) < 4.78 is 5.90. The molecule has 138 valence electrons. The van der Waals surface area contributed by atoms with Gasteiger partial charge in [-0.3, -0.25) is 4.79 Å². The number of nitrogens with one attached hydrogen (secondary N) is 1. The van der Waals surface area contributed by atoms with Gasteiger partial charge in [0.1, 0.15) is 17.8 Å². The van der Waals surface area contributed by atoms with Gasteiger partial charge >= 0.3 is 6.09 Å². The maximum absolute atomic E-state index is 13.0. The number of carbonyl (C=O) groups excluding carboxylic acids is 1. The molecule has 2 unspecified atom stereocenters. The maximum Gasteiger partial charge on any atom is 0.407 e. The third-order valence-electron chi connectivity index (χ3n) is 6.09. The first kappa shape index (κ1) is 16.2. The first-order valence-corrected chi connectivity index (χ1v) is 9.25. The molecule has 3 aliphatic heterocycles. The molecule has 2 amide bonds. The lowest BCUT2D eigenvalue weighted by molar-refractivity contribution is -0.119. The van der Waals surface area contributed by atoms with Crippen LogP contribution in [0.1, 0.15) is 35.4 Å². The fourth-order valence-corrected chi connectivity index (χ4v) is 4.67. The van der Waals surface area contributed by atoms with E-state index in [0.29, 0.717) is 19.7 Å². The molecule has 0 saturated carbocycles. The number of carboxylic acid groups (broad SMARTS) is 1. The summed E-state index contributed by atoms with van der Waals surface area (Å²) in [5.41, 5.74) is 2.92. The van der Waals surface area contributed by atoms with E-state index in [4.69, 9.17) is 4.74 Å². The minimum atomic E-state index is -0.871. The molecule has 1 fully saturated rings. The molecule has 1 spiro atoms. The average Bonchev–Trinajstić information content (AvgIpc) is 3.21. The van der Waals surface area contributed by atoms with Crippen molar-refractivity contribution in [1.29, 1.82) is 0 Å². The van der Waals surface area contributed by atoms with Gasteiger partial charge in [0.2, 0.25) is 5.91 Å². The molecule has 0 aromatic heterocycles. The van der Waals surface area contributed by atoms with Crippen molar-refractivity contribution in [1.82, 2.24) is 4.90 Å². The molecule has 6 nitrogen and oxygen atoms in total. The lowest BCUT2D eigenvalue weighted by atomic mass is 9.76. The van der Waals surface area contributed by atoms with E-state index < -0.39 is 11.5 Å². The number of hydrogen-bond donors (Lipinski definition) is 2. The Balaban J connectivity index is 1.57. The summed E-state index contributed by atoms with van der Waals surface area (Å²) in [5.74, 6) is 0.810. The van der Waals surface area contributed by atoms with E-state index in [2.05, 4.69) is 11.4 Å². The van der Waals surface area contributed by atoms with Crippen LogP contribution in [0.5, 0.6) is 5.75 Å². The summed E-state index contributed by atoms with van der Waals surface area (Å²) in [6.07, 6.45) is 0.919. The molecule has 5 rings (SSSR count). The Morgan fingerprint density at radius 3 is 2.93 bits per heavy atom. The summed E-state index contributed by atoms with van der Waals surface area (Å²) in [5, 5.41) is 12.3. The third kappa shape index (κ3) is 2.25. The topological polar surface area (TPSA) is 78.9 Å². The molecule has 0 aliphatic carbocycles. The minimum Gasteiger partial charge on any atom is -0.491 e. The van der Waals surface area contributed by atoms with Crippen molar-refractivity contribution in [2.45, 2.75) is 24.2 Å². The molecule has 2 aromatic carbocycles. The zero-order valence-corrected chi connectivity index (χ0v) is 14.8. The highest BCUT2D eigenvalue weighted by Gasteiger charge is 2.53. The number of amides is 2. The predicted octanol–water partition coefficient (Wildman–Crippen LogP) is 3.17. The molecule has 3 aliphatic rings. The Labute approximate surface area is 156 Å². The largest absolute Gasteiger partial charge is 0.491 e. The van der Waals surface area contributed by atoms with Crippen LogP contribution >= 0.6 is 0 Å². The number of para-hydroxylation sites is 1. The van der Waals surface area contributed by atoms with Crippen molar-refractivity contribution in [3.8, 4) is 5.75 Å². The van der Waals surface area contributed by atoms with E-state index in [1.54, 1.807) is 0 Å². The fourth-order valence-electron chi connectivity index (χ4n) is 4.67. The molecular formula is C21H20N2O4. The van der Waals surface area contributed by atoms with Crippen molar-refractivity contribution in [3.63, 3.8) is 0 Å². The zero-order valence-electron chi connectivity index (χ0n) is 14.8. The Kier molecular flexibility index (Phi) is 3.44. The molecule has 3 heterocycles. The Hall–Kier alpha value is -3.02. The monoisotopic (exact) mass is 364 g/mol. The van der Waals surface area contributed by atoms with E-state index in [9.17, 15) is 14.7 Å². The zero-order chi connectivity index (χ0) is 18.6. The molecule has 2 atom stereocenters. The molecule has 2 aromatic rings. The van der Waals surface area contributed by atoms with Crippen LogP contribution in [0.25, 0.3) is 0 Å². The van der Waals surface area contributed by atoms with Gasteiger partial charge in [-0.25, -0.2) is 4.79 Å². The third-order valence-corrected chi connectivity index (χ3v) is 6.09. The van der Waals surface area contributed by atoms with Crippen molar-refractivity contribution in [3.05, 3.63) is 59.2 Å². The van der Waals surface area contributed by atoms with Crippen LogP contribution in [-0.4, -0.2) is 41.7 Å². The van der Waals surface area contributed by atoms with Crippen LogP contribution in [0, 0.1) is 0 Å². The van der Waals surface area contributed by atoms with Crippen LogP contribution < -0.4 is 10.1 Å². The summed E-state index contributed by atoms with van der Waals surface area (Å²) in [4.78, 5) is 25.8. The fraction of sp³-hybridized carbons (Fsp3) is 0.333. The van der Waals surface area contributed by atoms with Crippen LogP contribution in [-0.2, 0) is 10.2 Å². The SMILES string of the molecule is O=C(O)N1CCCC(c2ccc3c(c2)C2(CO3)C(=O)Nc3ccccc32)C1. The molecule has 0 bridgehead atoms. The second-order valence-electron chi connectivity index (χ2n) is 7.52. The highest BCUT2D eigenvalue weighted by atomic mass is 16.5. The van der Waals surface area contributed by atoms with Gasteiger partial charge in [0.25, 0.3) is 0 Å². The van der Waals surface area contributed by atoms with Crippen molar-refractivity contribution in [2.75, 3.05) is 25.0 Å². The highest BCUT2D eigenvalue weighted by molar-refractivity contribution is 6.09. The number of likely N-dealkylation sites (tertiary alicyclic amines) is 1. The van der Waals surface area contributed by atoms with Gasteiger partial charge < -0.3 is 20.1 Å². The number of nitrogens with zero attached hydrogens (tertiary/aromatic N) is 1. The summed E-state index contributed by atoms with van der Waals surface area (Å²) in [6.45, 7) is 1.37. The van der Waals surface area contributed by atoms with Crippen molar-refractivity contribution < 1.29 is 19.4 Å². The first-order valence-electron chi connectivity index (χ1n) is 9.25. The normalized spacial score (nSPS) is 25.7. The first-order chi connectivity index (χ1) is 13.1. The van der Waals surface area contributed by atoms with Crippen molar-refractivity contribution >= 4 is 17.7 Å². The van der Waals surface area contributed by atoms with Gasteiger partial charge in [-0.1, -0.05) is 30.3 Å². The van der Waals surface area contributed by atoms with Crippen molar-refractivity contribution in [2.24, 2.45) is 0 Å². The van der Waals surface area contributed by atoms with Gasteiger partial charge in [0, 0.05) is 30.3 Å². The highest BCUT2D eigenvalue weighted by Crippen LogP contribution is 2.50. The molecule has 2 N–H and O–H groups in total. The molecule has 0 radical (unpaired) electrons. The van der Waals surface area contributed by atoms with E-state index in [0.717, 1.165) is 41.0 Å². The summed E-state index contributed by atoms with van der Waals surface area (Å²) in [7, 11) is 0. The van der Waals surface area contributed by atoms with Crippen LogP contribution in [0.15, 0.2) is 42.5 Å². The summed E-state index contributed by atoms with van der Waals surface area (Å²) in [6, 6.07) is 13.7. The lowest BCUT2D eigenvalue weighted by Gasteiger charge is -2.31. The standard InChI is InChI=1S/C21H20N2O4/c24-19-21(15-5-1-2-6-17(15)22-19)12-27-18-8-7-13(10-16(18)21)14-4-3-9-23(11-14)20(25)26/h1-2,5-8,10,14H,3-4,9,11-12H2,(H,22,24)(H,25,26). The molecule has 1 saturated heterocycles. The van der Waals surface area contributed by atoms with E-state index >= 15 is 0 Å². The maximum atomic E-state index is 13.0. The van der Waals surface area contributed by atoms with Gasteiger partial charge in [0.05, 0.1) is 0 Å². The lowest BCUT2D eigenvalue weighted by Crippen LogP contribution is -2.38. The quantitative estimate of drug-likeness (QED) is 0.815. The number of anilines is 1. The van der Waals surface area contributed by atoms with Gasteiger partial charge in [-0.05, 0) is 36.1 Å².